The first-order chi connectivity index (χ1) is 7.06. The number of aliphatic hydroxyl groups is 1. The molecular weight excluding hydrogens is 198 g/mol. The lowest BCUT2D eigenvalue weighted by Crippen LogP contribution is -2.12. The Bertz CT molecular complexity index is 364. The van der Waals surface area contributed by atoms with Gasteiger partial charge >= 0.3 is 5.97 Å². The second-order valence-electron chi connectivity index (χ2n) is 3.20. The number of carboxylic acids is 1. The first-order valence-electron chi connectivity index (χ1n) is 4.49. The summed E-state index contributed by atoms with van der Waals surface area (Å²) in [6.45, 7) is -0.0650. The van der Waals surface area contributed by atoms with Crippen molar-refractivity contribution in [3.63, 3.8) is 0 Å². The van der Waals surface area contributed by atoms with E-state index in [0.29, 0.717) is 12.0 Å². The Hall–Kier alpha value is -1.59. The van der Waals surface area contributed by atoms with E-state index in [2.05, 4.69) is 0 Å². The van der Waals surface area contributed by atoms with Crippen molar-refractivity contribution in [2.75, 3.05) is 6.61 Å². The second-order valence-corrected chi connectivity index (χ2v) is 3.20. The van der Waals surface area contributed by atoms with Gasteiger partial charge in [0.2, 0.25) is 0 Å². The Labute approximate surface area is 86.8 Å². The van der Waals surface area contributed by atoms with E-state index < -0.39 is 12.0 Å². The Balaban J connectivity index is 3.02. The van der Waals surface area contributed by atoms with Crippen LogP contribution in [-0.2, 0) is 0 Å². The summed E-state index contributed by atoms with van der Waals surface area (Å²) >= 11 is 0. The summed E-state index contributed by atoms with van der Waals surface area (Å²) in [4.78, 5) is 10.7. The lowest BCUT2D eigenvalue weighted by atomic mass is 10.0. The molecule has 0 aliphatic carbocycles. The lowest BCUT2D eigenvalue weighted by molar-refractivity contribution is 0.0693. The number of aliphatic hydroxyl groups excluding tert-OH is 1. The SMILES string of the molecule is N[C@@H](CCO)c1ccc(O)c(C(=O)O)c1. The van der Waals surface area contributed by atoms with Crippen molar-refractivity contribution in [3.05, 3.63) is 29.3 Å². The minimum atomic E-state index is -1.20. The molecule has 1 rings (SSSR count). The molecule has 1 atom stereocenters. The van der Waals surface area contributed by atoms with Crippen molar-refractivity contribution < 1.29 is 20.1 Å². The molecule has 0 amide bonds. The maximum Gasteiger partial charge on any atom is 0.339 e. The molecular formula is C10H13NO4. The molecule has 1 aromatic rings. The van der Waals surface area contributed by atoms with E-state index in [-0.39, 0.29) is 17.9 Å². The summed E-state index contributed by atoms with van der Waals surface area (Å²) < 4.78 is 0. The molecule has 0 aliphatic rings. The van der Waals surface area contributed by atoms with Gasteiger partial charge in [-0.3, -0.25) is 0 Å². The van der Waals surface area contributed by atoms with E-state index in [1.807, 2.05) is 0 Å². The third-order valence-electron chi connectivity index (χ3n) is 2.12. The van der Waals surface area contributed by atoms with Gasteiger partial charge in [-0.1, -0.05) is 6.07 Å². The van der Waals surface area contributed by atoms with E-state index in [9.17, 15) is 9.90 Å². The highest BCUT2D eigenvalue weighted by Crippen LogP contribution is 2.22. The second kappa shape index (κ2) is 4.77. The zero-order chi connectivity index (χ0) is 11.4. The molecule has 0 radical (unpaired) electrons. The molecule has 0 bridgehead atoms. The van der Waals surface area contributed by atoms with E-state index in [4.69, 9.17) is 15.9 Å². The Morgan fingerprint density at radius 3 is 2.67 bits per heavy atom. The van der Waals surface area contributed by atoms with Crippen LogP contribution in [0.4, 0.5) is 0 Å². The minimum absolute atomic E-state index is 0.0650. The van der Waals surface area contributed by atoms with Gasteiger partial charge in [0, 0.05) is 12.6 Å². The quantitative estimate of drug-likeness (QED) is 0.579. The van der Waals surface area contributed by atoms with Crippen LogP contribution in [0.15, 0.2) is 18.2 Å². The van der Waals surface area contributed by atoms with Crippen LogP contribution in [0.5, 0.6) is 5.75 Å². The summed E-state index contributed by atoms with van der Waals surface area (Å²) in [5.41, 5.74) is 6.09. The number of carbonyl (C=O) groups is 1. The normalized spacial score (nSPS) is 12.4. The number of hydrogen-bond donors (Lipinski definition) is 4. The number of rotatable bonds is 4. The fraction of sp³-hybridized carbons (Fsp3) is 0.300. The van der Waals surface area contributed by atoms with Crippen LogP contribution in [0.2, 0.25) is 0 Å². The largest absolute Gasteiger partial charge is 0.507 e. The summed E-state index contributed by atoms with van der Waals surface area (Å²) in [6, 6.07) is 3.73. The standard InChI is InChI=1S/C10H13NO4/c11-8(3-4-12)6-1-2-9(13)7(5-6)10(14)15/h1-2,5,8,12-13H,3-4,11H2,(H,14,15)/t8-/m0/s1. The van der Waals surface area contributed by atoms with Crippen molar-refractivity contribution in [1.82, 2.24) is 0 Å². The van der Waals surface area contributed by atoms with Gasteiger partial charge in [0.15, 0.2) is 0 Å². The Morgan fingerprint density at radius 2 is 2.13 bits per heavy atom. The maximum atomic E-state index is 10.7. The molecule has 0 unspecified atom stereocenters. The summed E-state index contributed by atoms with van der Waals surface area (Å²) in [5, 5.41) is 26.7. The van der Waals surface area contributed by atoms with Gasteiger partial charge < -0.3 is 21.1 Å². The molecule has 15 heavy (non-hydrogen) atoms. The van der Waals surface area contributed by atoms with Crippen LogP contribution in [0, 0.1) is 0 Å². The maximum absolute atomic E-state index is 10.7. The highest BCUT2D eigenvalue weighted by Gasteiger charge is 2.13. The van der Waals surface area contributed by atoms with Gasteiger partial charge in [-0.05, 0) is 24.1 Å². The van der Waals surface area contributed by atoms with Gasteiger partial charge in [-0.25, -0.2) is 4.79 Å². The van der Waals surface area contributed by atoms with Crippen LogP contribution in [0.1, 0.15) is 28.4 Å². The molecule has 5 N–H and O–H groups in total. The van der Waals surface area contributed by atoms with E-state index in [1.165, 1.54) is 12.1 Å². The molecule has 0 saturated carbocycles. The van der Waals surface area contributed by atoms with Crippen LogP contribution in [0.3, 0.4) is 0 Å². The minimum Gasteiger partial charge on any atom is -0.507 e. The van der Waals surface area contributed by atoms with Crippen LogP contribution < -0.4 is 5.73 Å². The Kier molecular flexibility index (Phi) is 3.65. The van der Waals surface area contributed by atoms with Crippen molar-refractivity contribution in [3.8, 4) is 5.75 Å². The molecule has 0 spiro atoms. The molecule has 0 aromatic heterocycles. The first kappa shape index (κ1) is 11.5. The number of phenols is 1. The lowest BCUT2D eigenvalue weighted by Gasteiger charge is -2.11. The van der Waals surface area contributed by atoms with Crippen molar-refractivity contribution >= 4 is 5.97 Å². The molecule has 0 aliphatic heterocycles. The number of aromatic hydroxyl groups is 1. The third kappa shape index (κ3) is 2.68. The zero-order valence-corrected chi connectivity index (χ0v) is 8.05. The van der Waals surface area contributed by atoms with Crippen LogP contribution in [0.25, 0.3) is 0 Å². The number of nitrogens with two attached hydrogens (primary N) is 1. The number of benzene rings is 1. The smallest absolute Gasteiger partial charge is 0.339 e. The Morgan fingerprint density at radius 1 is 1.47 bits per heavy atom. The molecule has 5 heteroatoms. The van der Waals surface area contributed by atoms with E-state index >= 15 is 0 Å². The average molecular weight is 211 g/mol. The zero-order valence-electron chi connectivity index (χ0n) is 8.05. The average Bonchev–Trinajstić information content (AvgIpc) is 2.18. The number of aromatic carboxylic acids is 1. The van der Waals surface area contributed by atoms with Crippen molar-refractivity contribution in [2.45, 2.75) is 12.5 Å². The predicted octanol–water partition coefficient (Wildman–Crippen LogP) is 0.473. The first-order valence-corrected chi connectivity index (χ1v) is 4.49. The topological polar surface area (TPSA) is 104 Å². The third-order valence-corrected chi connectivity index (χ3v) is 2.12. The molecule has 1 aromatic carbocycles. The highest BCUT2D eigenvalue weighted by molar-refractivity contribution is 5.90. The van der Waals surface area contributed by atoms with Gasteiger partial charge in [0.25, 0.3) is 0 Å². The molecule has 5 nitrogen and oxygen atoms in total. The summed E-state index contributed by atoms with van der Waals surface area (Å²) in [7, 11) is 0. The van der Waals surface area contributed by atoms with E-state index in [1.54, 1.807) is 6.07 Å². The number of carboxylic acid groups (broad SMARTS) is 1. The van der Waals surface area contributed by atoms with Gasteiger partial charge in [-0.2, -0.15) is 0 Å². The van der Waals surface area contributed by atoms with Crippen LogP contribution >= 0.6 is 0 Å². The van der Waals surface area contributed by atoms with Gasteiger partial charge in [-0.15, -0.1) is 0 Å². The predicted molar refractivity (Wildman–Crippen MR) is 53.7 cm³/mol. The summed E-state index contributed by atoms with van der Waals surface area (Å²) in [6.07, 6.45) is 0.351. The molecule has 0 saturated heterocycles. The van der Waals surface area contributed by atoms with Crippen molar-refractivity contribution in [2.24, 2.45) is 5.73 Å². The summed E-state index contributed by atoms with van der Waals surface area (Å²) in [5.74, 6) is -1.49. The molecule has 0 fully saturated rings. The fourth-order valence-electron chi connectivity index (χ4n) is 1.26. The van der Waals surface area contributed by atoms with Gasteiger partial charge in [0.1, 0.15) is 11.3 Å². The van der Waals surface area contributed by atoms with Gasteiger partial charge in [0.05, 0.1) is 0 Å². The van der Waals surface area contributed by atoms with E-state index in [0.717, 1.165) is 0 Å². The molecule has 0 heterocycles. The monoisotopic (exact) mass is 211 g/mol. The molecule has 82 valence electrons. The van der Waals surface area contributed by atoms with Crippen molar-refractivity contribution in [1.29, 1.82) is 0 Å². The highest BCUT2D eigenvalue weighted by atomic mass is 16.4. The van der Waals surface area contributed by atoms with Crippen LogP contribution in [-0.4, -0.2) is 27.9 Å². The number of hydrogen-bond acceptors (Lipinski definition) is 4. The fourth-order valence-corrected chi connectivity index (χ4v) is 1.26.